The summed E-state index contributed by atoms with van der Waals surface area (Å²) >= 11 is 1.85. The summed E-state index contributed by atoms with van der Waals surface area (Å²) in [6.07, 6.45) is 1.42. The van der Waals surface area contributed by atoms with Gasteiger partial charge in [0.2, 0.25) is 0 Å². The third kappa shape index (κ3) is 2.59. The van der Waals surface area contributed by atoms with Gasteiger partial charge in [0.05, 0.1) is 11.7 Å². The van der Waals surface area contributed by atoms with Gasteiger partial charge >= 0.3 is 0 Å². The number of hydrogen-bond acceptors (Lipinski definition) is 3. The molecule has 3 unspecified atom stereocenters. The Balaban J connectivity index is 1.79. The monoisotopic (exact) mass is 300 g/mol. The molecule has 1 spiro atoms. The topological polar surface area (TPSA) is 29.5 Å². The van der Waals surface area contributed by atoms with Gasteiger partial charge in [-0.3, -0.25) is 0 Å². The Bertz CT molecular complexity index is 489. The van der Waals surface area contributed by atoms with E-state index in [-0.39, 0.29) is 17.1 Å². The molecular formula is C15H18F2O2S. The Kier molecular flexibility index (Phi) is 4.02. The van der Waals surface area contributed by atoms with Crippen molar-refractivity contribution in [2.75, 3.05) is 18.1 Å². The molecular weight excluding hydrogens is 282 g/mol. The largest absolute Gasteiger partial charge is 0.388 e. The molecule has 1 N–H and O–H groups in total. The maximum absolute atomic E-state index is 13.8. The molecule has 2 saturated heterocycles. The molecule has 2 heterocycles. The minimum atomic E-state index is -0.961. The van der Waals surface area contributed by atoms with E-state index >= 15 is 0 Å². The molecule has 2 aliphatic heterocycles. The van der Waals surface area contributed by atoms with Crippen molar-refractivity contribution >= 4 is 11.8 Å². The van der Waals surface area contributed by atoms with E-state index in [1.54, 1.807) is 0 Å². The van der Waals surface area contributed by atoms with Crippen LogP contribution in [0.25, 0.3) is 0 Å². The van der Waals surface area contributed by atoms with Crippen LogP contribution < -0.4 is 0 Å². The van der Waals surface area contributed by atoms with E-state index in [2.05, 4.69) is 0 Å². The molecule has 1 aromatic rings. The van der Waals surface area contributed by atoms with Gasteiger partial charge in [0.15, 0.2) is 11.6 Å². The van der Waals surface area contributed by atoms with Crippen LogP contribution in [0.15, 0.2) is 18.2 Å². The summed E-state index contributed by atoms with van der Waals surface area (Å²) in [5, 5.41) is 10.4. The first-order valence-corrected chi connectivity index (χ1v) is 8.10. The first-order valence-electron chi connectivity index (χ1n) is 6.95. The van der Waals surface area contributed by atoms with E-state index in [9.17, 15) is 13.9 Å². The highest BCUT2D eigenvalue weighted by Gasteiger charge is 2.42. The van der Waals surface area contributed by atoms with Crippen LogP contribution in [0.1, 0.15) is 30.9 Å². The Morgan fingerprint density at radius 1 is 1.40 bits per heavy atom. The van der Waals surface area contributed by atoms with Crippen molar-refractivity contribution in [1.29, 1.82) is 0 Å². The van der Waals surface area contributed by atoms with Crippen LogP contribution in [0.5, 0.6) is 0 Å². The summed E-state index contributed by atoms with van der Waals surface area (Å²) in [6, 6.07) is 3.98. The molecule has 1 aromatic carbocycles. The van der Waals surface area contributed by atoms with Gasteiger partial charge in [-0.15, -0.1) is 0 Å². The fraction of sp³-hybridized carbons (Fsp3) is 0.600. The van der Waals surface area contributed by atoms with Crippen LogP contribution in [-0.2, 0) is 4.74 Å². The van der Waals surface area contributed by atoms with Crippen molar-refractivity contribution in [3.8, 4) is 0 Å². The summed E-state index contributed by atoms with van der Waals surface area (Å²) in [7, 11) is 0. The van der Waals surface area contributed by atoms with Crippen LogP contribution in [0, 0.1) is 17.6 Å². The van der Waals surface area contributed by atoms with Crippen molar-refractivity contribution in [3.05, 3.63) is 35.4 Å². The van der Waals surface area contributed by atoms with Crippen LogP contribution in [0.4, 0.5) is 8.78 Å². The highest BCUT2D eigenvalue weighted by molar-refractivity contribution is 7.99. The first-order chi connectivity index (χ1) is 9.61. The van der Waals surface area contributed by atoms with E-state index in [4.69, 9.17) is 4.74 Å². The van der Waals surface area contributed by atoms with E-state index < -0.39 is 17.7 Å². The lowest BCUT2D eigenvalue weighted by atomic mass is 9.80. The molecule has 0 amide bonds. The molecule has 0 radical (unpaired) electrons. The molecule has 2 fully saturated rings. The molecule has 3 rings (SSSR count). The summed E-state index contributed by atoms with van der Waals surface area (Å²) in [5.41, 5.74) is -0.101. The highest BCUT2D eigenvalue weighted by Crippen LogP contribution is 2.44. The van der Waals surface area contributed by atoms with Gasteiger partial charge < -0.3 is 9.84 Å². The summed E-state index contributed by atoms with van der Waals surface area (Å²) in [6.45, 7) is 0.583. The first kappa shape index (κ1) is 14.3. The lowest BCUT2D eigenvalue weighted by Crippen LogP contribution is -2.41. The SMILES string of the molecule is OC(c1cccc(F)c1F)C1CCOC2(CCSC2)C1. The van der Waals surface area contributed by atoms with Crippen molar-refractivity contribution in [2.45, 2.75) is 31.0 Å². The van der Waals surface area contributed by atoms with Gasteiger partial charge in [0.1, 0.15) is 0 Å². The number of halogens is 2. The number of hydrogen-bond donors (Lipinski definition) is 1. The average molecular weight is 300 g/mol. The average Bonchev–Trinajstić information content (AvgIpc) is 2.89. The molecule has 0 aromatic heterocycles. The number of thioether (sulfide) groups is 1. The second-order valence-electron chi connectivity index (χ2n) is 5.67. The Labute approximate surface area is 121 Å². The molecule has 3 atom stereocenters. The van der Waals surface area contributed by atoms with Gasteiger partial charge in [0.25, 0.3) is 0 Å². The van der Waals surface area contributed by atoms with Crippen molar-refractivity contribution in [1.82, 2.24) is 0 Å². The second kappa shape index (κ2) is 5.62. The fourth-order valence-corrected chi connectivity index (χ4v) is 4.58. The predicted octanol–water partition coefficient (Wildman–Crippen LogP) is 3.30. The molecule has 2 aliphatic rings. The van der Waals surface area contributed by atoms with Gasteiger partial charge in [-0.2, -0.15) is 11.8 Å². The van der Waals surface area contributed by atoms with Crippen LogP contribution >= 0.6 is 11.8 Å². The highest BCUT2D eigenvalue weighted by atomic mass is 32.2. The van der Waals surface area contributed by atoms with Crippen molar-refractivity contribution in [2.24, 2.45) is 5.92 Å². The van der Waals surface area contributed by atoms with Crippen LogP contribution in [0.3, 0.4) is 0 Å². The van der Waals surface area contributed by atoms with Gasteiger partial charge in [-0.05, 0) is 37.0 Å². The lowest BCUT2D eigenvalue weighted by Gasteiger charge is -2.39. The van der Waals surface area contributed by atoms with Gasteiger partial charge in [-0.1, -0.05) is 12.1 Å². The third-order valence-corrected chi connectivity index (χ3v) is 5.57. The van der Waals surface area contributed by atoms with Crippen LogP contribution in [0.2, 0.25) is 0 Å². The Morgan fingerprint density at radius 2 is 2.25 bits per heavy atom. The Hall–Kier alpha value is -0.650. The zero-order chi connectivity index (χ0) is 14.2. The van der Waals surface area contributed by atoms with E-state index in [1.165, 1.54) is 12.1 Å². The number of aliphatic hydroxyl groups is 1. The van der Waals surface area contributed by atoms with E-state index in [0.29, 0.717) is 13.0 Å². The molecule has 0 aliphatic carbocycles. The van der Waals surface area contributed by atoms with Crippen molar-refractivity contribution in [3.63, 3.8) is 0 Å². The minimum Gasteiger partial charge on any atom is -0.388 e. The van der Waals surface area contributed by atoms with E-state index in [1.807, 2.05) is 11.8 Å². The van der Waals surface area contributed by atoms with Crippen LogP contribution in [-0.4, -0.2) is 28.8 Å². The van der Waals surface area contributed by atoms with Gasteiger partial charge in [-0.25, -0.2) is 8.78 Å². The zero-order valence-electron chi connectivity index (χ0n) is 11.1. The summed E-state index contributed by atoms with van der Waals surface area (Å²) in [4.78, 5) is 0. The standard InChI is InChI=1S/C15H18F2O2S/c16-12-3-1-2-11(13(12)17)14(18)10-4-6-19-15(8-10)5-7-20-9-15/h1-3,10,14,18H,4-9H2. The number of rotatable bonds is 2. The lowest BCUT2D eigenvalue weighted by molar-refractivity contribution is -0.102. The molecule has 0 bridgehead atoms. The quantitative estimate of drug-likeness (QED) is 0.909. The molecule has 20 heavy (non-hydrogen) atoms. The maximum Gasteiger partial charge on any atom is 0.164 e. The zero-order valence-corrected chi connectivity index (χ0v) is 12.0. The number of ether oxygens (including phenoxy) is 1. The molecule has 2 nitrogen and oxygen atoms in total. The van der Waals surface area contributed by atoms with Crippen molar-refractivity contribution < 1.29 is 18.6 Å². The smallest absolute Gasteiger partial charge is 0.164 e. The summed E-state index contributed by atoms with van der Waals surface area (Å²) in [5.74, 6) is 0.0961. The second-order valence-corrected chi connectivity index (χ2v) is 6.78. The minimum absolute atomic E-state index is 0.0673. The number of benzene rings is 1. The molecule has 0 saturated carbocycles. The van der Waals surface area contributed by atoms with E-state index in [0.717, 1.165) is 30.4 Å². The maximum atomic E-state index is 13.8. The molecule has 110 valence electrons. The third-order valence-electron chi connectivity index (χ3n) is 4.34. The normalized spacial score (nSPS) is 31.6. The Morgan fingerprint density at radius 3 is 3.00 bits per heavy atom. The van der Waals surface area contributed by atoms with Gasteiger partial charge in [0, 0.05) is 17.9 Å². The fourth-order valence-electron chi connectivity index (χ4n) is 3.20. The number of aliphatic hydroxyl groups excluding tert-OH is 1. The summed E-state index contributed by atoms with van der Waals surface area (Å²) < 4.78 is 33.0. The predicted molar refractivity (Wildman–Crippen MR) is 74.7 cm³/mol. The molecule has 5 heteroatoms.